The maximum Gasteiger partial charge on any atom is 0.342 e. The highest BCUT2D eigenvalue weighted by Crippen LogP contribution is 2.28. The van der Waals surface area contributed by atoms with Gasteiger partial charge in [-0.15, -0.1) is 12.4 Å². The zero-order valence-corrected chi connectivity index (χ0v) is 15.2. The number of nitrogens with one attached hydrogen (secondary N) is 2. The van der Waals surface area contributed by atoms with Gasteiger partial charge in [0.25, 0.3) is 0 Å². The van der Waals surface area contributed by atoms with Gasteiger partial charge in [0.05, 0.1) is 12.0 Å². The SMILES string of the molecule is COC(=O)c1c(F)cccc1S(=O)(=O)NCC1(C)CCNCC1.Cl. The molecule has 1 aliphatic heterocycles. The summed E-state index contributed by atoms with van der Waals surface area (Å²) in [5.74, 6) is -1.94. The van der Waals surface area contributed by atoms with E-state index in [0.717, 1.165) is 39.1 Å². The molecule has 2 rings (SSSR count). The van der Waals surface area contributed by atoms with Crippen LogP contribution in [0.1, 0.15) is 30.1 Å². The van der Waals surface area contributed by atoms with Crippen LogP contribution in [0.5, 0.6) is 0 Å². The maximum absolute atomic E-state index is 13.9. The first-order valence-corrected chi connectivity index (χ1v) is 8.85. The van der Waals surface area contributed by atoms with Crippen LogP contribution in [0.4, 0.5) is 4.39 Å². The summed E-state index contributed by atoms with van der Waals surface area (Å²) >= 11 is 0. The van der Waals surface area contributed by atoms with Gasteiger partial charge < -0.3 is 10.1 Å². The second kappa shape index (κ2) is 8.24. The average Bonchev–Trinajstić information content (AvgIpc) is 2.53. The van der Waals surface area contributed by atoms with E-state index in [1.165, 1.54) is 12.1 Å². The molecule has 24 heavy (non-hydrogen) atoms. The van der Waals surface area contributed by atoms with Crippen LogP contribution in [0.3, 0.4) is 0 Å². The molecule has 1 aromatic carbocycles. The van der Waals surface area contributed by atoms with Gasteiger partial charge in [0.1, 0.15) is 11.4 Å². The van der Waals surface area contributed by atoms with Crippen molar-refractivity contribution in [2.75, 3.05) is 26.7 Å². The van der Waals surface area contributed by atoms with Gasteiger partial charge in [-0.25, -0.2) is 22.3 Å². The molecule has 0 atom stereocenters. The van der Waals surface area contributed by atoms with Crippen LogP contribution >= 0.6 is 12.4 Å². The van der Waals surface area contributed by atoms with Crippen LogP contribution in [-0.2, 0) is 14.8 Å². The zero-order chi connectivity index (χ0) is 17.1. The van der Waals surface area contributed by atoms with Crippen molar-refractivity contribution in [3.05, 3.63) is 29.6 Å². The summed E-state index contributed by atoms with van der Waals surface area (Å²) in [5.41, 5.74) is -0.741. The van der Waals surface area contributed by atoms with E-state index < -0.39 is 32.3 Å². The molecule has 9 heteroatoms. The third-order valence-electron chi connectivity index (χ3n) is 4.15. The minimum atomic E-state index is -4.02. The molecule has 0 bridgehead atoms. The number of benzene rings is 1. The first-order valence-electron chi connectivity index (χ1n) is 7.36. The second-order valence-corrected chi connectivity index (χ2v) is 7.73. The number of methoxy groups -OCH3 is 1. The molecule has 0 spiro atoms. The number of sulfonamides is 1. The molecule has 0 radical (unpaired) electrons. The van der Waals surface area contributed by atoms with Gasteiger partial charge in [-0.05, 0) is 43.5 Å². The van der Waals surface area contributed by atoms with Crippen LogP contribution in [-0.4, -0.2) is 41.1 Å². The van der Waals surface area contributed by atoms with Gasteiger partial charge in [-0.1, -0.05) is 13.0 Å². The van der Waals surface area contributed by atoms with E-state index in [1.807, 2.05) is 6.92 Å². The Morgan fingerprint density at radius 2 is 2.00 bits per heavy atom. The lowest BCUT2D eigenvalue weighted by Crippen LogP contribution is -2.43. The lowest BCUT2D eigenvalue weighted by molar-refractivity contribution is 0.0590. The molecular weight excluding hydrogens is 359 g/mol. The lowest BCUT2D eigenvalue weighted by Gasteiger charge is -2.34. The lowest BCUT2D eigenvalue weighted by atomic mass is 9.81. The van der Waals surface area contributed by atoms with Crippen molar-refractivity contribution in [1.82, 2.24) is 10.0 Å². The Morgan fingerprint density at radius 1 is 1.38 bits per heavy atom. The van der Waals surface area contributed by atoms with Crippen LogP contribution in [0, 0.1) is 11.2 Å². The fourth-order valence-electron chi connectivity index (χ4n) is 2.58. The quantitative estimate of drug-likeness (QED) is 0.759. The van der Waals surface area contributed by atoms with Crippen molar-refractivity contribution in [1.29, 1.82) is 0 Å². The van der Waals surface area contributed by atoms with Crippen molar-refractivity contribution in [3.8, 4) is 0 Å². The highest BCUT2D eigenvalue weighted by molar-refractivity contribution is 7.89. The van der Waals surface area contributed by atoms with Crippen molar-refractivity contribution < 1.29 is 22.3 Å². The minimum absolute atomic E-state index is 0. The first kappa shape index (κ1) is 20.8. The van der Waals surface area contributed by atoms with Crippen LogP contribution < -0.4 is 10.0 Å². The summed E-state index contributed by atoms with van der Waals surface area (Å²) in [6, 6.07) is 3.48. The second-order valence-electron chi connectivity index (χ2n) is 5.99. The molecule has 0 aromatic heterocycles. The topological polar surface area (TPSA) is 84.5 Å². The van der Waals surface area contributed by atoms with Crippen molar-refractivity contribution in [2.24, 2.45) is 5.41 Å². The molecule has 1 aromatic rings. The molecule has 0 saturated carbocycles. The van der Waals surface area contributed by atoms with Crippen LogP contribution in [0.15, 0.2) is 23.1 Å². The molecule has 0 aliphatic carbocycles. The number of rotatable bonds is 5. The van der Waals surface area contributed by atoms with Gasteiger partial charge >= 0.3 is 5.97 Å². The summed E-state index contributed by atoms with van der Waals surface area (Å²) in [5, 5.41) is 3.22. The number of ether oxygens (including phenoxy) is 1. The van der Waals surface area contributed by atoms with E-state index in [9.17, 15) is 17.6 Å². The third kappa shape index (κ3) is 4.66. The number of hydrogen-bond acceptors (Lipinski definition) is 5. The normalized spacial score (nSPS) is 17.0. The van der Waals surface area contributed by atoms with Crippen molar-refractivity contribution >= 4 is 28.4 Å². The standard InChI is InChI=1S/C15H21FN2O4S.ClH/c1-15(6-8-17-9-7-15)10-18-23(20,21)12-5-3-4-11(16)13(12)14(19)22-2;/h3-5,17-18H,6-10H2,1-2H3;1H. The van der Waals surface area contributed by atoms with Gasteiger partial charge in [0.15, 0.2) is 0 Å². The molecule has 136 valence electrons. The summed E-state index contributed by atoms with van der Waals surface area (Å²) in [4.78, 5) is 11.3. The molecule has 1 heterocycles. The predicted octanol–water partition coefficient (Wildman–Crippen LogP) is 1.70. The molecule has 0 unspecified atom stereocenters. The Hall–Kier alpha value is -1.22. The van der Waals surface area contributed by atoms with Gasteiger partial charge in [-0.2, -0.15) is 0 Å². The summed E-state index contributed by atoms with van der Waals surface area (Å²) in [6.07, 6.45) is 1.67. The number of carbonyl (C=O) groups excluding carboxylic acids is 1. The van der Waals surface area contributed by atoms with Crippen molar-refractivity contribution in [2.45, 2.75) is 24.7 Å². The van der Waals surface area contributed by atoms with E-state index in [-0.39, 0.29) is 24.4 Å². The van der Waals surface area contributed by atoms with E-state index in [1.54, 1.807) is 0 Å². The highest BCUT2D eigenvalue weighted by atomic mass is 35.5. The summed E-state index contributed by atoms with van der Waals surface area (Å²) < 4.78 is 45.9. The van der Waals surface area contributed by atoms with Gasteiger partial charge in [0, 0.05) is 6.54 Å². The van der Waals surface area contributed by atoms with Crippen LogP contribution in [0.2, 0.25) is 0 Å². The molecule has 0 amide bonds. The fourth-order valence-corrected chi connectivity index (χ4v) is 3.98. The minimum Gasteiger partial charge on any atom is -0.465 e. The van der Waals surface area contributed by atoms with Gasteiger partial charge in [0.2, 0.25) is 10.0 Å². The van der Waals surface area contributed by atoms with Crippen molar-refractivity contribution in [3.63, 3.8) is 0 Å². The summed E-state index contributed by atoms with van der Waals surface area (Å²) in [7, 11) is -2.94. The van der Waals surface area contributed by atoms with E-state index in [0.29, 0.717) is 0 Å². The van der Waals surface area contributed by atoms with Crippen LogP contribution in [0.25, 0.3) is 0 Å². The Balaban J connectivity index is 0.00000288. The van der Waals surface area contributed by atoms with E-state index in [2.05, 4.69) is 14.8 Å². The first-order chi connectivity index (χ1) is 10.8. The zero-order valence-electron chi connectivity index (χ0n) is 13.6. The molecule has 1 fully saturated rings. The average molecular weight is 381 g/mol. The summed E-state index contributed by atoms with van der Waals surface area (Å²) in [6.45, 7) is 3.88. The molecule has 6 nitrogen and oxygen atoms in total. The Morgan fingerprint density at radius 3 is 2.58 bits per heavy atom. The van der Waals surface area contributed by atoms with Gasteiger partial charge in [-0.3, -0.25) is 0 Å². The Kier molecular flexibility index (Phi) is 7.15. The molecule has 1 aliphatic rings. The molecule has 1 saturated heterocycles. The highest BCUT2D eigenvalue weighted by Gasteiger charge is 2.31. The Labute approximate surface area is 147 Å². The largest absolute Gasteiger partial charge is 0.465 e. The smallest absolute Gasteiger partial charge is 0.342 e. The molecular formula is C15H22ClFN2O4S. The number of hydrogen-bond donors (Lipinski definition) is 2. The monoisotopic (exact) mass is 380 g/mol. The Bertz CT molecular complexity index is 691. The maximum atomic E-state index is 13.9. The fraction of sp³-hybridized carbons (Fsp3) is 0.533. The van der Waals surface area contributed by atoms with E-state index >= 15 is 0 Å². The predicted molar refractivity (Wildman–Crippen MR) is 90.4 cm³/mol. The molecule has 2 N–H and O–H groups in total. The number of halogens is 2. The number of esters is 1. The number of carbonyl (C=O) groups is 1. The number of piperidine rings is 1. The van der Waals surface area contributed by atoms with E-state index in [4.69, 9.17) is 0 Å². The third-order valence-corrected chi connectivity index (χ3v) is 5.60.